The standard InChI is InChI=1S/C19H23ClN4O3/c20-13-7-3-6-12(8-13)15(11-4-1-2-5-11)22-17(26)21-14-9-19(10-14)16(25)23-18(27)24-19/h3,6-8,11,14-15H,1-2,4-5,9-10H2,(H2,21,22,26)(H2,23,24,25,27). The van der Waals surface area contributed by atoms with Gasteiger partial charge in [0.25, 0.3) is 5.91 Å². The van der Waals surface area contributed by atoms with Gasteiger partial charge in [0.05, 0.1) is 6.04 Å². The molecule has 1 aromatic carbocycles. The number of carbonyl (C=O) groups is 3. The van der Waals surface area contributed by atoms with Gasteiger partial charge >= 0.3 is 12.1 Å². The zero-order valence-corrected chi connectivity index (χ0v) is 15.6. The van der Waals surface area contributed by atoms with E-state index in [1.807, 2.05) is 24.3 Å². The summed E-state index contributed by atoms with van der Waals surface area (Å²) in [6.45, 7) is 0. The highest BCUT2D eigenvalue weighted by molar-refractivity contribution is 6.30. The lowest BCUT2D eigenvalue weighted by Crippen LogP contribution is -2.64. The molecule has 1 aliphatic heterocycles. The molecular weight excluding hydrogens is 368 g/mol. The number of amides is 5. The predicted molar refractivity (Wildman–Crippen MR) is 100 cm³/mol. The van der Waals surface area contributed by atoms with E-state index in [1.165, 1.54) is 12.8 Å². The summed E-state index contributed by atoms with van der Waals surface area (Å²) in [6, 6.07) is 6.67. The van der Waals surface area contributed by atoms with Gasteiger partial charge in [-0.15, -0.1) is 0 Å². The van der Waals surface area contributed by atoms with Crippen LogP contribution in [0.1, 0.15) is 50.1 Å². The third-order valence-electron chi connectivity index (χ3n) is 5.91. The molecule has 1 spiro atoms. The maximum absolute atomic E-state index is 12.6. The number of benzene rings is 1. The van der Waals surface area contributed by atoms with Crippen molar-refractivity contribution in [1.29, 1.82) is 0 Å². The summed E-state index contributed by atoms with van der Waals surface area (Å²) in [5, 5.41) is 11.6. The van der Waals surface area contributed by atoms with Crippen LogP contribution in [0, 0.1) is 5.92 Å². The summed E-state index contributed by atoms with van der Waals surface area (Å²) in [5.41, 5.74) is 0.157. The fourth-order valence-electron chi connectivity index (χ4n) is 4.53. The molecule has 144 valence electrons. The quantitative estimate of drug-likeness (QED) is 0.594. The van der Waals surface area contributed by atoms with Crippen LogP contribution in [-0.2, 0) is 4.79 Å². The van der Waals surface area contributed by atoms with E-state index >= 15 is 0 Å². The van der Waals surface area contributed by atoms with E-state index in [2.05, 4.69) is 21.3 Å². The Morgan fingerprint density at radius 1 is 1.22 bits per heavy atom. The molecule has 1 unspecified atom stereocenters. The summed E-state index contributed by atoms with van der Waals surface area (Å²) >= 11 is 6.14. The third-order valence-corrected chi connectivity index (χ3v) is 6.14. The first-order valence-electron chi connectivity index (χ1n) is 9.41. The molecule has 1 aromatic rings. The Balaban J connectivity index is 1.38. The van der Waals surface area contributed by atoms with Crippen LogP contribution >= 0.6 is 11.6 Å². The molecule has 4 rings (SSSR count). The first-order valence-corrected chi connectivity index (χ1v) is 9.79. The minimum atomic E-state index is -0.854. The summed E-state index contributed by atoms with van der Waals surface area (Å²) in [6.07, 6.45) is 5.31. The van der Waals surface area contributed by atoms with Crippen LogP contribution in [0.2, 0.25) is 5.02 Å². The van der Waals surface area contributed by atoms with Crippen molar-refractivity contribution in [3.63, 3.8) is 0 Å². The van der Waals surface area contributed by atoms with Crippen LogP contribution in [0.25, 0.3) is 0 Å². The average Bonchev–Trinajstić information content (AvgIpc) is 3.20. The molecular formula is C19H23ClN4O3. The van der Waals surface area contributed by atoms with E-state index in [1.54, 1.807) is 0 Å². The molecule has 2 aliphatic carbocycles. The van der Waals surface area contributed by atoms with Gasteiger partial charge in [0.2, 0.25) is 0 Å². The summed E-state index contributed by atoms with van der Waals surface area (Å²) < 4.78 is 0. The molecule has 27 heavy (non-hydrogen) atoms. The van der Waals surface area contributed by atoms with E-state index in [-0.39, 0.29) is 24.0 Å². The largest absolute Gasteiger partial charge is 0.335 e. The molecule has 8 heteroatoms. The van der Waals surface area contributed by atoms with Gasteiger partial charge < -0.3 is 16.0 Å². The molecule has 2 saturated carbocycles. The second-order valence-electron chi connectivity index (χ2n) is 7.79. The van der Waals surface area contributed by atoms with E-state index in [0.717, 1.165) is 18.4 Å². The number of rotatable bonds is 4. The van der Waals surface area contributed by atoms with E-state index in [9.17, 15) is 14.4 Å². The topological polar surface area (TPSA) is 99.3 Å². The first-order chi connectivity index (χ1) is 12.9. The van der Waals surface area contributed by atoms with E-state index in [4.69, 9.17) is 11.6 Å². The smallest absolute Gasteiger partial charge is 0.322 e. The summed E-state index contributed by atoms with van der Waals surface area (Å²) in [5.74, 6) is 0.0792. The number of urea groups is 2. The van der Waals surface area contributed by atoms with Crippen LogP contribution in [0.4, 0.5) is 9.59 Å². The number of carbonyl (C=O) groups excluding carboxylic acids is 3. The fourth-order valence-corrected chi connectivity index (χ4v) is 4.73. The van der Waals surface area contributed by atoms with Crippen LogP contribution in [-0.4, -0.2) is 29.6 Å². The van der Waals surface area contributed by atoms with Gasteiger partial charge in [-0.1, -0.05) is 36.6 Å². The molecule has 4 N–H and O–H groups in total. The predicted octanol–water partition coefficient (Wildman–Crippen LogP) is 2.61. The lowest BCUT2D eigenvalue weighted by Gasteiger charge is -2.42. The normalized spacial score (nSPS) is 28.4. The van der Waals surface area contributed by atoms with Crippen LogP contribution in [0.15, 0.2) is 24.3 Å². The van der Waals surface area contributed by atoms with Gasteiger partial charge in [0.1, 0.15) is 5.54 Å². The van der Waals surface area contributed by atoms with Gasteiger partial charge in [-0.3, -0.25) is 10.1 Å². The summed E-state index contributed by atoms with van der Waals surface area (Å²) in [4.78, 5) is 35.7. The molecule has 0 bridgehead atoms. The van der Waals surface area contributed by atoms with Crippen LogP contribution in [0.3, 0.4) is 0 Å². The molecule has 3 aliphatic rings. The molecule has 1 atom stereocenters. The zero-order chi connectivity index (χ0) is 19.0. The van der Waals surface area contributed by atoms with Crippen molar-refractivity contribution in [3.05, 3.63) is 34.9 Å². The third kappa shape index (κ3) is 3.60. The lowest BCUT2D eigenvalue weighted by molar-refractivity contribution is -0.127. The molecule has 7 nitrogen and oxygen atoms in total. The Bertz CT molecular complexity index is 772. The highest BCUT2D eigenvalue weighted by atomic mass is 35.5. The van der Waals surface area contributed by atoms with Gasteiger partial charge in [-0.25, -0.2) is 9.59 Å². The fraction of sp³-hybridized carbons (Fsp3) is 0.526. The monoisotopic (exact) mass is 390 g/mol. The maximum Gasteiger partial charge on any atom is 0.322 e. The Hall–Kier alpha value is -2.28. The molecule has 1 heterocycles. The number of halogens is 1. The zero-order valence-electron chi connectivity index (χ0n) is 14.9. The van der Waals surface area contributed by atoms with Crippen LogP contribution < -0.4 is 21.3 Å². The molecule has 3 fully saturated rings. The van der Waals surface area contributed by atoms with Crippen molar-refractivity contribution in [3.8, 4) is 0 Å². The van der Waals surface area contributed by atoms with Gasteiger partial charge in [-0.2, -0.15) is 0 Å². The van der Waals surface area contributed by atoms with Gasteiger partial charge in [0.15, 0.2) is 0 Å². The number of nitrogens with one attached hydrogen (secondary N) is 4. The van der Waals surface area contributed by atoms with Crippen molar-refractivity contribution in [2.45, 2.75) is 56.1 Å². The van der Waals surface area contributed by atoms with Crippen molar-refractivity contribution in [1.82, 2.24) is 21.3 Å². The minimum Gasteiger partial charge on any atom is -0.335 e. The summed E-state index contributed by atoms with van der Waals surface area (Å²) in [7, 11) is 0. The molecule has 0 aromatic heterocycles. The number of hydrogen-bond acceptors (Lipinski definition) is 3. The van der Waals surface area contributed by atoms with E-state index in [0.29, 0.717) is 23.8 Å². The second kappa shape index (κ2) is 7.03. The van der Waals surface area contributed by atoms with Crippen molar-refractivity contribution >= 4 is 29.6 Å². The van der Waals surface area contributed by atoms with E-state index < -0.39 is 11.6 Å². The average molecular weight is 391 g/mol. The van der Waals surface area contributed by atoms with Crippen molar-refractivity contribution in [2.75, 3.05) is 0 Å². The Morgan fingerprint density at radius 3 is 2.59 bits per heavy atom. The van der Waals surface area contributed by atoms with Crippen molar-refractivity contribution < 1.29 is 14.4 Å². The minimum absolute atomic E-state index is 0.0882. The number of imide groups is 1. The number of hydrogen-bond donors (Lipinski definition) is 4. The lowest BCUT2D eigenvalue weighted by atomic mass is 9.72. The highest BCUT2D eigenvalue weighted by Crippen LogP contribution is 2.37. The first kappa shape index (κ1) is 18.1. The second-order valence-corrected chi connectivity index (χ2v) is 8.23. The molecule has 5 amide bonds. The Kier molecular flexibility index (Phi) is 4.72. The SMILES string of the molecule is O=C(NC1CC2(C1)NC(=O)NC2=O)NC(c1cccc(Cl)c1)C1CCCC1. The molecule has 1 saturated heterocycles. The van der Waals surface area contributed by atoms with Crippen molar-refractivity contribution in [2.24, 2.45) is 5.92 Å². The maximum atomic E-state index is 12.6. The Morgan fingerprint density at radius 2 is 1.96 bits per heavy atom. The van der Waals surface area contributed by atoms with Gasteiger partial charge in [0, 0.05) is 23.9 Å². The van der Waals surface area contributed by atoms with Gasteiger partial charge in [-0.05, 0) is 36.5 Å². The molecule has 0 radical (unpaired) electrons. The Labute approximate surface area is 162 Å². The van der Waals surface area contributed by atoms with Crippen LogP contribution in [0.5, 0.6) is 0 Å². The highest BCUT2D eigenvalue weighted by Gasteiger charge is 2.55.